The van der Waals surface area contributed by atoms with Crippen LogP contribution in [0.4, 0.5) is 10.1 Å². The molecule has 0 aliphatic heterocycles. The van der Waals surface area contributed by atoms with Crippen molar-refractivity contribution in [3.63, 3.8) is 0 Å². The molecule has 5 rings (SSSR count). The van der Waals surface area contributed by atoms with E-state index < -0.39 is 11.5 Å². The number of halogens is 1. The average Bonchev–Trinajstić information content (AvgIpc) is 3.29. The number of hydrogen-bond acceptors (Lipinski definition) is 5. The molecule has 1 amide bonds. The summed E-state index contributed by atoms with van der Waals surface area (Å²) in [4.78, 5) is 30.6. The standard InChI is InChI=1S/C26H22FN5O3/c1-3-35-20-10-8-19(9-11-20)28-25(33)23-29-24-26(34)31(15-17-5-4-6-18(27)14-17)22-13-16(2)7-12-21(22)32(24)30-23/h4-14H,3,15H2,1-2H3,(H,28,33). The van der Waals surface area contributed by atoms with Crippen molar-refractivity contribution < 1.29 is 13.9 Å². The van der Waals surface area contributed by atoms with Gasteiger partial charge < -0.3 is 10.1 Å². The van der Waals surface area contributed by atoms with E-state index >= 15 is 0 Å². The lowest BCUT2D eigenvalue weighted by molar-refractivity contribution is 0.101. The number of nitrogens with one attached hydrogen (secondary N) is 1. The summed E-state index contributed by atoms with van der Waals surface area (Å²) in [5, 5.41) is 7.07. The number of aryl methyl sites for hydroxylation is 1. The molecule has 0 saturated heterocycles. The highest BCUT2D eigenvalue weighted by atomic mass is 19.1. The van der Waals surface area contributed by atoms with Gasteiger partial charge in [-0.2, -0.15) is 4.98 Å². The van der Waals surface area contributed by atoms with Gasteiger partial charge in [0.15, 0.2) is 0 Å². The van der Waals surface area contributed by atoms with Crippen molar-refractivity contribution in [1.29, 1.82) is 0 Å². The first-order valence-electron chi connectivity index (χ1n) is 11.1. The minimum atomic E-state index is -0.547. The Morgan fingerprint density at radius 2 is 1.86 bits per heavy atom. The molecule has 0 unspecified atom stereocenters. The van der Waals surface area contributed by atoms with E-state index in [0.29, 0.717) is 34.6 Å². The second kappa shape index (κ2) is 9.02. The van der Waals surface area contributed by atoms with Crippen LogP contribution in [0.3, 0.4) is 0 Å². The molecule has 0 atom stereocenters. The normalized spacial score (nSPS) is 11.2. The van der Waals surface area contributed by atoms with E-state index in [0.717, 1.165) is 5.56 Å². The highest BCUT2D eigenvalue weighted by Crippen LogP contribution is 2.19. The molecule has 176 valence electrons. The van der Waals surface area contributed by atoms with Gasteiger partial charge in [0.05, 0.1) is 24.2 Å². The first-order valence-corrected chi connectivity index (χ1v) is 11.1. The van der Waals surface area contributed by atoms with E-state index in [9.17, 15) is 14.0 Å². The number of fused-ring (bicyclic) bond motifs is 3. The third kappa shape index (κ3) is 4.35. The fourth-order valence-electron chi connectivity index (χ4n) is 3.94. The third-order valence-electron chi connectivity index (χ3n) is 5.55. The van der Waals surface area contributed by atoms with Crippen LogP contribution in [0, 0.1) is 12.7 Å². The van der Waals surface area contributed by atoms with Crippen LogP contribution in [0.5, 0.6) is 5.75 Å². The number of benzene rings is 3. The summed E-state index contributed by atoms with van der Waals surface area (Å²) in [5.41, 5.74) is 2.91. The van der Waals surface area contributed by atoms with Crippen molar-refractivity contribution in [2.45, 2.75) is 20.4 Å². The van der Waals surface area contributed by atoms with Crippen LogP contribution in [0.15, 0.2) is 71.5 Å². The highest BCUT2D eigenvalue weighted by molar-refractivity contribution is 6.02. The molecule has 0 aliphatic carbocycles. The molecule has 3 aromatic carbocycles. The molecule has 0 saturated carbocycles. The van der Waals surface area contributed by atoms with Crippen LogP contribution in [0.25, 0.3) is 16.7 Å². The van der Waals surface area contributed by atoms with Gasteiger partial charge in [0.1, 0.15) is 11.6 Å². The van der Waals surface area contributed by atoms with E-state index in [1.807, 2.05) is 32.0 Å². The molecule has 2 aromatic heterocycles. The van der Waals surface area contributed by atoms with Gasteiger partial charge in [-0.05, 0) is 73.5 Å². The SMILES string of the molecule is CCOc1ccc(NC(=O)c2nc3c(=O)n(Cc4cccc(F)c4)c4cc(C)ccc4n3n2)cc1. The zero-order valence-corrected chi connectivity index (χ0v) is 19.2. The quantitative estimate of drug-likeness (QED) is 0.401. The lowest BCUT2D eigenvalue weighted by Gasteiger charge is -2.12. The summed E-state index contributed by atoms with van der Waals surface area (Å²) < 4.78 is 22.1. The fourth-order valence-corrected chi connectivity index (χ4v) is 3.94. The zero-order valence-electron chi connectivity index (χ0n) is 19.2. The summed E-state index contributed by atoms with van der Waals surface area (Å²) in [6.45, 7) is 4.49. The monoisotopic (exact) mass is 471 g/mol. The van der Waals surface area contributed by atoms with E-state index in [2.05, 4.69) is 15.4 Å². The summed E-state index contributed by atoms with van der Waals surface area (Å²) in [6.07, 6.45) is 0. The maximum atomic E-state index is 13.8. The molecular formula is C26H22FN5O3. The Labute approximate surface area is 199 Å². The molecule has 5 aromatic rings. The summed E-state index contributed by atoms with van der Waals surface area (Å²) >= 11 is 0. The van der Waals surface area contributed by atoms with Crippen molar-refractivity contribution in [3.05, 3.63) is 99.9 Å². The van der Waals surface area contributed by atoms with Crippen LogP contribution in [-0.2, 0) is 6.54 Å². The Bertz CT molecular complexity index is 1620. The minimum Gasteiger partial charge on any atom is -0.494 e. The van der Waals surface area contributed by atoms with Crippen molar-refractivity contribution in [2.24, 2.45) is 0 Å². The van der Waals surface area contributed by atoms with Gasteiger partial charge in [-0.15, -0.1) is 5.10 Å². The lowest BCUT2D eigenvalue weighted by Crippen LogP contribution is -2.24. The summed E-state index contributed by atoms with van der Waals surface area (Å²) in [7, 11) is 0. The highest BCUT2D eigenvalue weighted by Gasteiger charge is 2.19. The largest absolute Gasteiger partial charge is 0.494 e. The molecular weight excluding hydrogens is 449 g/mol. The van der Waals surface area contributed by atoms with Crippen LogP contribution in [0.1, 0.15) is 28.7 Å². The van der Waals surface area contributed by atoms with Gasteiger partial charge in [-0.3, -0.25) is 14.2 Å². The first kappa shape index (κ1) is 22.3. The molecule has 0 bridgehead atoms. The maximum Gasteiger partial charge on any atom is 0.296 e. The number of carbonyl (C=O) groups excluding carboxylic acids is 1. The molecule has 2 heterocycles. The van der Waals surface area contributed by atoms with Crippen LogP contribution in [0.2, 0.25) is 0 Å². The lowest BCUT2D eigenvalue weighted by atomic mass is 10.2. The van der Waals surface area contributed by atoms with Gasteiger partial charge >= 0.3 is 0 Å². The number of carbonyl (C=O) groups is 1. The van der Waals surface area contributed by atoms with E-state index in [1.165, 1.54) is 21.2 Å². The summed E-state index contributed by atoms with van der Waals surface area (Å²) in [5.74, 6) is -0.375. The number of amides is 1. The first-order chi connectivity index (χ1) is 16.9. The fraction of sp³-hybridized carbons (Fsp3) is 0.154. The molecule has 35 heavy (non-hydrogen) atoms. The van der Waals surface area contributed by atoms with E-state index in [1.54, 1.807) is 36.4 Å². The minimum absolute atomic E-state index is 0.00889. The predicted molar refractivity (Wildman–Crippen MR) is 131 cm³/mol. The summed E-state index contributed by atoms with van der Waals surface area (Å²) in [6, 6.07) is 18.6. The molecule has 9 heteroatoms. The number of ether oxygens (including phenoxy) is 1. The van der Waals surface area contributed by atoms with Crippen LogP contribution < -0.4 is 15.6 Å². The third-order valence-corrected chi connectivity index (χ3v) is 5.55. The predicted octanol–water partition coefficient (Wildman–Crippen LogP) is 4.19. The molecule has 0 radical (unpaired) electrons. The number of rotatable bonds is 6. The van der Waals surface area contributed by atoms with Crippen molar-refractivity contribution in [2.75, 3.05) is 11.9 Å². The van der Waals surface area contributed by atoms with Crippen LogP contribution in [-0.4, -0.2) is 31.7 Å². The van der Waals surface area contributed by atoms with E-state index in [4.69, 9.17) is 4.74 Å². The Morgan fingerprint density at radius 1 is 1.06 bits per heavy atom. The van der Waals surface area contributed by atoms with Gasteiger partial charge in [0.2, 0.25) is 11.5 Å². The van der Waals surface area contributed by atoms with Gasteiger partial charge in [0.25, 0.3) is 11.5 Å². The number of anilines is 1. The Balaban J connectivity index is 1.57. The Kier molecular flexibility index (Phi) is 5.74. The van der Waals surface area contributed by atoms with Crippen molar-refractivity contribution >= 4 is 28.3 Å². The number of nitrogens with zero attached hydrogens (tertiary/aromatic N) is 4. The molecule has 0 aliphatic rings. The molecule has 1 N–H and O–H groups in total. The topological polar surface area (TPSA) is 90.5 Å². The average molecular weight is 471 g/mol. The van der Waals surface area contributed by atoms with Gasteiger partial charge in [-0.25, -0.2) is 8.91 Å². The molecule has 0 spiro atoms. The van der Waals surface area contributed by atoms with Gasteiger partial charge in [0, 0.05) is 5.69 Å². The second-order valence-corrected chi connectivity index (χ2v) is 8.10. The smallest absolute Gasteiger partial charge is 0.296 e. The van der Waals surface area contributed by atoms with E-state index in [-0.39, 0.29) is 23.8 Å². The molecule has 8 nitrogen and oxygen atoms in total. The van der Waals surface area contributed by atoms with Crippen LogP contribution >= 0.6 is 0 Å². The number of aromatic nitrogens is 4. The molecule has 0 fully saturated rings. The Hall–Kier alpha value is -4.53. The Morgan fingerprint density at radius 3 is 2.60 bits per heavy atom. The zero-order chi connectivity index (χ0) is 24.5. The van der Waals surface area contributed by atoms with Gasteiger partial charge in [-0.1, -0.05) is 18.2 Å². The van der Waals surface area contributed by atoms with Crippen molar-refractivity contribution in [3.8, 4) is 5.75 Å². The number of hydrogen-bond donors (Lipinski definition) is 1. The maximum absolute atomic E-state index is 13.8. The van der Waals surface area contributed by atoms with Crippen molar-refractivity contribution in [1.82, 2.24) is 19.2 Å². The second-order valence-electron chi connectivity index (χ2n) is 8.10.